The zero-order valence-electron chi connectivity index (χ0n) is 18.9. The Kier molecular flexibility index (Phi) is 6.69. The number of ether oxygens (including phenoxy) is 4. The Morgan fingerprint density at radius 3 is 2.12 bits per heavy atom. The van der Waals surface area contributed by atoms with E-state index in [2.05, 4.69) is 6.07 Å². The van der Waals surface area contributed by atoms with Crippen LogP contribution >= 0.6 is 0 Å². The van der Waals surface area contributed by atoms with Crippen molar-refractivity contribution in [3.8, 4) is 29.1 Å². The second kappa shape index (κ2) is 10.0. The van der Waals surface area contributed by atoms with Gasteiger partial charge in [0.15, 0.2) is 0 Å². The summed E-state index contributed by atoms with van der Waals surface area (Å²) in [5, 5.41) is 9.74. The molecule has 1 aliphatic rings. The fraction of sp³-hybridized carbons (Fsp3) is 0.185. The van der Waals surface area contributed by atoms with Crippen LogP contribution in [0, 0.1) is 11.3 Å². The highest BCUT2D eigenvalue weighted by molar-refractivity contribution is 5.91. The SMILES string of the molecule is CCOc1ccc(C(=O)Oc2ccc3c(c2)OC(N)=C(C#N)C3c2ccc(OCC)cc2)cc1. The van der Waals surface area contributed by atoms with Crippen molar-refractivity contribution in [2.24, 2.45) is 5.73 Å². The molecule has 0 radical (unpaired) electrons. The van der Waals surface area contributed by atoms with E-state index in [1.54, 1.807) is 42.5 Å². The molecule has 0 bridgehead atoms. The van der Waals surface area contributed by atoms with Crippen LogP contribution in [-0.4, -0.2) is 19.2 Å². The van der Waals surface area contributed by atoms with Crippen LogP contribution in [0.15, 0.2) is 78.2 Å². The molecule has 0 saturated carbocycles. The number of nitriles is 1. The summed E-state index contributed by atoms with van der Waals surface area (Å²) in [4.78, 5) is 12.6. The van der Waals surface area contributed by atoms with Gasteiger partial charge >= 0.3 is 5.97 Å². The Labute approximate surface area is 197 Å². The molecule has 7 heteroatoms. The van der Waals surface area contributed by atoms with E-state index >= 15 is 0 Å². The molecule has 7 nitrogen and oxygen atoms in total. The van der Waals surface area contributed by atoms with Crippen LogP contribution in [-0.2, 0) is 0 Å². The van der Waals surface area contributed by atoms with Crippen molar-refractivity contribution < 1.29 is 23.7 Å². The van der Waals surface area contributed by atoms with Crippen molar-refractivity contribution >= 4 is 5.97 Å². The lowest BCUT2D eigenvalue weighted by atomic mass is 9.83. The highest BCUT2D eigenvalue weighted by Crippen LogP contribution is 2.43. The van der Waals surface area contributed by atoms with Gasteiger partial charge in [-0.25, -0.2) is 4.79 Å². The van der Waals surface area contributed by atoms with E-state index in [1.807, 2.05) is 38.1 Å². The van der Waals surface area contributed by atoms with Gasteiger partial charge in [0.2, 0.25) is 5.88 Å². The number of nitrogens with two attached hydrogens (primary N) is 1. The molecule has 4 rings (SSSR count). The minimum atomic E-state index is -0.511. The van der Waals surface area contributed by atoms with Crippen LogP contribution in [0.3, 0.4) is 0 Å². The first-order valence-corrected chi connectivity index (χ1v) is 10.9. The summed E-state index contributed by atoms with van der Waals surface area (Å²) in [6, 6.07) is 21.4. The molecule has 1 atom stereocenters. The van der Waals surface area contributed by atoms with Gasteiger partial charge in [-0.2, -0.15) is 5.26 Å². The zero-order chi connectivity index (χ0) is 24.1. The molecule has 0 saturated heterocycles. The lowest BCUT2D eigenvalue weighted by Gasteiger charge is -2.26. The summed E-state index contributed by atoms with van der Waals surface area (Å²) in [6.45, 7) is 4.91. The molecule has 3 aromatic carbocycles. The normalized spacial score (nSPS) is 14.4. The van der Waals surface area contributed by atoms with E-state index in [-0.39, 0.29) is 5.88 Å². The molecular weight excluding hydrogens is 432 g/mol. The first-order chi connectivity index (χ1) is 16.5. The third-order valence-corrected chi connectivity index (χ3v) is 5.33. The number of allylic oxidation sites excluding steroid dienone is 1. The number of benzene rings is 3. The Hall–Kier alpha value is -4.44. The molecule has 0 aliphatic carbocycles. The van der Waals surface area contributed by atoms with Crippen molar-refractivity contribution in [2.75, 3.05) is 13.2 Å². The lowest BCUT2D eigenvalue weighted by molar-refractivity contribution is 0.0734. The average molecular weight is 456 g/mol. The Morgan fingerprint density at radius 2 is 1.53 bits per heavy atom. The van der Waals surface area contributed by atoms with Gasteiger partial charge in [0.25, 0.3) is 0 Å². The molecule has 34 heavy (non-hydrogen) atoms. The number of carbonyl (C=O) groups is 1. The van der Waals surface area contributed by atoms with Crippen LogP contribution in [0.4, 0.5) is 0 Å². The predicted molar refractivity (Wildman–Crippen MR) is 126 cm³/mol. The average Bonchev–Trinajstić information content (AvgIpc) is 2.84. The molecule has 0 amide bonds. The summed E-state index contributed by atoms with van der Waals surface area (Å²) in [5.41, 5.74) is 8.40. The van der Waals surface area contributed by atoms with Gasteiger partial charge < -0.3 is 24.7 Å². The Bertz CT molecular complexity index is 1260. The summed E-state index contributed by atoms with van der Waals surface area (Å²) >= 11 is 0. The molecule has 3 aromatic rings. The van der Waals surface area contributed by atoms with Gasteiger partial charge in [-0.15, -0.1) is 0 Å². The van der Waals surface area contributed by atoms with Crippen molar-refractivity contribution in [1.82, 2.24) is 0 Å². The van der Waals surface area contributed by atoms with E-state index in [4.69, 9.17) is 24.7 Å². The maximum Gasteiger partial charge on any atom is 0.343 e. The quantitative estimate of drug-likeness (QED) is 0.397. The highest BCUT2D eigenvalue weighted by atomic mass is 16.5. The standard InChI is InChI=1S/C27H24N2O5/c1-3-31-19-9-5-17(6-10-19)25-22-14-13-21(15-24(22)34-26(29)23(25)16-28)33-27(30)18-7-11-20(12-8-18)32-4-2/h5-15,25H,3-4,29H2,1-2H3. The van der Waals surface area contributed by atoms with Gasteiger partial charge in [0.1, 0.15) is 34.6 Å². The number of esters is 1. The van der Waals surface area contributed by atoms with Gasteiger partial charge in [-0.05, 0) is 61.9 Å². The topological polar surface area (TPSA) is 104 Å². The summed E-state index contributed by atoms with van der Waals surface area (Å²) in [7, 11) is 0. The fourth-order valence-electron chi connectivity index (χ4n) is 3.79. The maximum atomic E-state index is 12.6. The van der Waals surface area contributed by atoms with Crippen LogP contribution in [0.25, 0.3) is 0 Å². The van der Waals surface area contributed by atoms with Crippen molar-refractivity contribution in [3.63, 3.8) is 0 Å². The minimum absolute atomic E-state index is 0.0175. The molecule has 1 unspecified atom stereocenters. The first-order valence-electron chi connectivity index (χ1n) is 10.9. The van der Waals surface area contributed by atoms with Crippen LogP contribution in [0.2, 0.25) is 0 Å². The highest BCUT2D eigenvalue weighted by Gasteiger charge is 2.31. The molecule has 1 heterocycles. The molecule has 0 spiro atoms. The van der Waals surface area contributed by atoms with E-state index in [0.717, 1.165) is 16.9 Å². The third-order valence-electron chi connectivity index (χ3n) is 5.33. The summed E-state index contributed by atoms with van der Waals surface area (Å²) in [6.07, 6.45) is 0. The number of fused-ring (bicyclic) bond motifs is 1. The first kappa shape index (κ1) is 22.7. The van der Waals surface area contributed by atoms with Gasteiger partial charge in [0.05, 0.1) is 24.7 Å². The smallest absolute Gasteiger partial charge is 0.343 e. The number of hydrogen-bond acceptors (Lipinski definition) is 7. The molecule has 0 aromatic heterocycles. The number of hydrogen-bond donors (Lipinski definition) is 1. The second-order valence-corrected chi connectivity index (χ2v) is 7.47. The van der Waals surface area contributed by atoms with Crippen molar-refractivity contribution in [2.45, 2.75) is 19.8 Å². The van der Waals surface area contributed by atoms with Crippen molar-refractivity contribution in [3.05, 3.63) is 94.9 Å². The predicted octanol–water partition coefficient (Wildman–Crippen LogP) is 4.92. The third kappa shape index (κ3) is 4.66. The van der Waals surface area contributed by atoms with E-state index in [0.29, 0.717) is 41.6 Å². The number of carbonyl (C=O) groups excluding carboxylic acids is 1. The lowest BCUT2D eigenvalue weighted by Crippen LogP contribution is -2.21. The fourth-order valence-corrected chi connectivity index (χ4v) is 3.79. The largest absolute Gasteiger partial charge is 0.494 e. The molecule has 172 valence electrons. The van der Waals surface area contributed by atoms with Crippen LogP contribution < -0.4 is 24.7 Å². The number of rotatable bonds is 7. The van der Waals surface area contributed by atoms with Crippen LogP contribution in [0.1, 0.15) is 41.3 Å². The molecule has 1 aliphatic heterocycles. The van der Waals surface area contributed by atoms with Crippen molar-refractivity contribution in [1.29, 1.82) is 5.26 Å². The molecular formula is C27H24N2O5. The van der Waals surface area contributed by atoms with E-state index in [9.17, 15) is 10.1 Å². The molecule has 0 fully saturated rings. The van der Waals surface area contributed by atoms with Crippen LogP contribution in [0.5, 0.6) is 23.0 Å². The van der Waals surface area contributed by atoms with Gasteiger partial charge in [-0.3, -0.25) is 0 Å². The monoisotopic (exact) mass is 456 g/mol. The van der Waals surface area contributed by atoms with E-state index in [1.165, 1.54) is 0 Å². The Morgan fingerprint density at radius 1 is 0.941 bits per heavy atom. The number of nitrogens with zero attached hydrogens (tertiary/aromatic N) is 1. The summed E-state index contributed by atoms with van der Waals surface area (Å²) in [5.74, 6) is 1.23. The zero-order valence-corrected chi connectivity index (χ0v) is 18.9. The summed E-state index contributed by atoms with van der Waals surface area (Å²) < 4.78 is 22.2. The maximum absolute atomic E-state index is 12.6. The van der Waals surface area contributed by atoms with Gasteiger partial charge in [0, 0.05) is 11.6 Å². The van der Waals surface area contributed by atoms with Gasteiger partial charge in [-0.1, -0.05) is 18.2 Å². The van der Waals surface area contributed by atoms with E-state index < -0.39 is 11.9 Å². The minimum Gasteiger partial charge on any atom is -0.494 e. The Balaban J connectivity index is 1.60. The second-order valence-electron chi connectivity index (χ2n) is 7.47. The molecule has 2 N–H and O–H groups in total.